The molecule has 3 rings (SSSR count). The van der Waals surface area contributed by atoms with Crippen LogP contribution < -0.4 is 0 Å². The van der Waals surface area contributed by atoms with Crippen molar-refractivity contribution in [2.75, 3.05) is 19.6 Å². The van der Waals surface area contributed by atoms with Gasteiger partial charge in [-0.25, -0.2) is 0 Å². The van der Waals surface area contributed by atoms with E-state index in [0.717, 1.165) is 31.9 Å². The molecule has 0 saturated heterocycles. The molecule has 0 spiro atoms. The van der Waals surface area contributed by atoms with Gasteiger partial charge < -0.3 is 13.9 Å². The molecule has 110 valence electrons. The largest absolute Gasteiger partial charge is 0.422 e. The maximum atomic E-state index is 5.39. The normalized spacial score (nSPS) is 11.6. The highest BCUT2D eigenvalue weighted by atomic mass is 16.4. The van der Waals surface area contributed by atoms with Crippen molar-refractivity contribution in [3.8, 4) is 11.6 Å². The van der Waals surface area contributed by atoms with E-state index >= 15 is 0 Å². The Morgan fingerprint density at radius 3 is 2.71 bits per heavy atom. The van der Waals surface area contributed by atoms with Gasteiger partial charge in [-0.15, -0.1) is 10.2 Å². The summed E-state index contributed by atoms with van der Waals surface area (Å²) in [6.07, 6.45) is 1.38. The Morgan fingerprint density at radius 2 is 2.00 bits per heavy atom. The van der Waals surface area contributed by atoms with Crippen molar-refractivity contribution in [1.82, 2.24) is 19.7 Å². The maximum Gasteiger partial charge on any atom is 0.264 e. The van der Waals surface area contributed by atoms with Gasteiger partial charge in [-0.1, -0.05) is 32.0 Å². The van der Waals surface area contributed by atoms with E-state index < -0.39 is 0 Å². The lowest BCUT2D eigenvalue weighted by atomic mass is 10.2. The maximum absolute atomic E-state index is 5.39. The molecule has 0 aliphatic heterocycles. The van der Waals surface area contributed by atoms with Gasteiger partial charge >= 0.3 is 0 Å². The molecule has 5 nitrogen and oxygen atoms in total. The monoisotopic (exact) mass is 284 g/mol. The zero-order valence-electron chi connectivity index (χ0n) is 12.5. The number of benzene rings is 1. The molecule has 0 fully saturated rings. The predicted octanol–water partition coefficient (Wildman–Crippen LogP) is 3.03. The quantitative estimate of drug-likeness (QED) is 0.698. The third-order valence-corrected chi connectivity index (χ3v) is 3.92. The van der Waals surface area contributed by atoms with E-state index in [9.17, 15) is 0 Å². The van der Waals surface area contributed by atoms with Gasteiger partial charge in [0, 0.05) is 24.0 Å². The number of rotatable bonds is 6. The lowest BCUT2D eigenvalue weighted by Gasteiger charge is -2.19. The average Bonchev–Trinajstić information content (AvgIpc) is 3.15. The van der Waals surface area contributed by atoms with Crippen molar-refractivity contribution < 1.29 is 4.42 Å². The zero-order valence-corrected chi connectivity index (χ0v) is 12.5. The first-order valence-corrected chi connectivity index (χ1v) is 7.40. The molecule has 0 aliphatic carbocycles. The molecule has 0 aliphatic rings. The van der Waals surface area contributed by atoms with Crippen LogP contribution in [0.3, 0.4) is 0 Å². The Bertz CT molecular complexity index is 698. The number of hydrogen-bond acceptors (Lipinski definition) is 4. The number of likely N-dealkylation sites (N-methyl/N-ethyl adjacent to an activating group) is 1. The van der Waals surface area contributed by atoms with E-state index in [1.54, 1.807) is 0 Å². The van der Waals surface area contributed by atoms with Gasteiger partial charge in [-0.05, 0) is 25.2 Å². The fourth-order valence-corrected chi connectivity index (χ4v) is 2.69. The van der Waals surface area contributed by atoms with E-state index in [-0.39, 0.29) is 0 Å². The van der Waals surface area contributed by atoms with E-state index in [2.05, 4.69) is 63.8 Å². The molecule has 3 aromatic rings. The van der Waals surface area contributed by atoms with Gasteiger partial charge in [0.1, 0.15) is 5.69 Å². The molecule has 2 aromatic heterocycles. The smallest absolute Gasteiger partial charge is 0.264 e. The lowest BCUT2D eigenvalue weighted by molar-refractivity contribution is 0.292. The van der Waals surface area contributed by atoms with Crippen molar-refractivity contribution in [3.05, 3.63) is 36.7 Å². The molecule has 0 bridgehead atoms. The molecule has 2 heterocycles. The van der Waals surface area contributed by atoms with Gasteiger partial charge in [0.2, 0.25) is 6.39 Å². The van der Waals surface area contributed by atoms with Crippen LogP contribution in [-0.4, -0.2) is 39.3 Å². The summed E-state index contributed by atoms with van der Waals surface area (Å²) in [5.41, 5.74) is 2.19. The van der Waals surface area contributed by atoms with Crippen molar-refractivity contribution in [1.29, 1.82) is 0 Å². The van der Waals surface area contributed by atoms with Crippen molar-refractivity contribution in [2.45, 2.75) is 20.4 Å². The van der Waals surface area contributed by atoms with Crippen LogP contribution in [0.25, 0.3) is 22.5 Å². The average molecular weight is 284 g/mol. The van der Waals surface area contributed by atoms with Crippen LogP contribution in [0.2, 0.25) is 0 Å². The highest BCUT2D eigenvalue weighted by Crippen LogP contribution is 2.26. The second kappa shape index (κ2) is 6.10. The lowest BCUT2D eigenvalue weighted by Crippen LogP contribution is -2.27. The minimum absolute atomic E-state index is 0.575. The number of aromatic nitrogens is 3. The molecular formula is C16H20N4O. The van der Waals surface area contributed by atoms with E-state index in [4.69, 9.17) is 4.42 Å². The van der Waals surface area contributed by atoms with Gasteiger partial charge in [0.15, 0.2) is 0 Å². The van der Waals surface area contributed by atoms with Gasteiger partial charge in [0.25, 0.3) is 5.89 Å². The number of para-hydroxylation sites is 1. The molecule has 0 saturated carbocycles. The minimum Gasteiger partial charge on any atom is -0.422 e. The van der Waals surface area contributed by atoms with Crippen LogP contribution in [0.1, 0.15) is 13.8 Å². The summed E-state index contributed by atoms with van der Waals surface area (Å²) in [6.45, 7) is 8.42. The summed E-state index contributed by atoms with van der Waals surface area (Å²) in [4.78, 5) is 2.41. The highest BCUT2D eigenvalue weighted by molar-refractivity contribution is 5.85. The Balaban J connectivity index is 2.00. The first-order valence-electron chi connectivity index (χ1n) is 7.40. The number of nitrogens with zero attached hydrogens (tertiary/aromatic N) is 4. The van der Waals surface area contributed by atoms with Crippen molar-refractivity contribution >= 4 is 10.9 Å². The van der Waals surface area contributed by atoms with E-state index in [1.807, 2.05) is 0 Å². The van der Waals surface area contributed by atoms with Gasteiger partial charge in [-0.2, -0.15) is 0 Å². The standard InChI is InChI=1S/C16H20N4O/c1-3-19(4-2)9-10-20-14-8-6-5-7-13(14)11-15(20)16-18-17-12-21-16/h5-8,11-12H,3-4,9-10H2,1-2H3. The van der Waals surface area contributed by atoms with Crippen LogP contribution in [0.15, 0.2) is 41.1 Å². The van der Waals surface area contributed by atoms with Gasteiger partial charge in [0.05, 0.1) is 0 Å². The van der Waals surface area contributed by atoms with Crippen LogP contribution in [0.4, 0.5) is 0 Å². The Labute approximate surface area is 124 Å². The third kappa shape index (κ3) is 2.69. The number of hydrogen-bond donors (Lipinski definition) is 0. The van der Waals surface area contributed by atoms with Gasteiger partial charge in [-0.3, -0.25) is 0 Å². The second-order valence-corrected chi connectivity index (χ2v) is 5.01. The summed E-state index contributed by atoms with van der Waals surface area (Å²) in [5, 5.41) is 9.06. The first-order chi connectivity index (χ1) is 10.3. The highest BCUT2D eigenvalue weighted by Gasteiger charge is 2.14. The predicted molar refractivity (Wildman–Crippen MR) is 83.0 cm³/mol. The molecule has 0 radical (unpaired) electrons. The summed E-state index contributed by atoms with van der Waals surface area (Å²) < 4.78 is 7.66. The Morgan fingerprint density at radius 1 is 1.19 bits per heavy atom. The Hall–Kier alpha value is -2.14. The first kappa shape index (κ1) is 13.8. The topological polar surface area (TPSA) is 47.1 Å². The fraction of sp³-hybridized carbons (Fsp3) is 0.375. The molecular weight excluding hydrogens is 264 g/mol. The SMILES string of the molecule is CCN(CC)CCn1c(-c2nnco2)cc2ccccc21. The molecule has 0 atom stereocenters. The summed E-state index contributed by atoms with van der Waals surface area (Å²) in [5.74, 6) is 0.575. The van der Waals surface area contributed by atoms with Crippen LogP contribution in [-0.2, 0) is 6.54 Å². The van der Waals surface area contributed by atoms with Crippen molar-refractivity contribution in [3.63, 3.8) is 0 Å². The van der Waals surface area contributed by atoms with Crippen LogP contribution >= 0.6 is 0 Å². The van der Waals surface area contributed by atoms with Crippen LogP contribution in [0, 0.1) is 0 Å². The Kier molecular flexibility index (Phi) is 4.01. The zero-order chi connectivity index (χ0) is 14.7. The van der Waals surface area contributed by atoms with Crippen molar-refractivity contribution in [2.24, 2.45) is 0 Å². The third-order valence-electron chi connectivity index (χ3n) is 3.92. The summed E-state index contributed by atoms with van der Waals surface area (Å²) in [7, 11) is 0. The molecule has 1 aromatic carbocycles. The fourth-order valence-electron chi connectivity index (χ4n) is 2.69. The van der Waals surface area contributed by atoms with E-state index in [1.165, 1.54) is 17.3 Å². The summed E-state index contributed by atoms with van der Waals surface area (Å²) in [6, 6.07) is 10.5. The minimum atomic E-state index is 0.575. The molecule has 21 heavy (non-hydrogen) atoms. The second-order valence-electron chi connectivity index (χ2n) is 5.01. The van der Waals surface area contributed by atoms with E-state index in [0.29, 0.717) is 5.89 Å². The molecule has 5 heteroatoms. The molecule has 0 amide bonds. The summed E-state index contributed by atoms with van der Waals surface area (Å²) >= 11 is 0. The molecule has 0 unspecified atom stereocenters. The number of fused-ring (bicyclic) bond motifs is 1. The molecule has 0 N–H and O–H groups in total. The van der Waals surface area contributed by atoms with Crippen LogP contribution in [0.5, 0.6) is 0 Å².